The van der Waals surface area contributed by atoms with Gasteiger partial charge in [0.15, 0.2) is 21.3 Å². The molecule has 1 aliphatic heterocycles. The van der Waals surface area contributed by atoms with E-state index in [0.29, 0.717) is 29.9 Å². The van der Waals surface area contributed by atoms with Crippen molar-refractivity contribution in [2.75, 3.05) is 20.0 Å². The Kier molecular flexibility index (Phi) is 6.75. The Bertz CT molecular complexity index is 977. The monoisotopic (exact) mass is 433 g/mol. The third kappa shape index (κ3) is 3.94. The Labute approximate surface area is 179 Å². The summed E-state index contributed by atoms with van der Waals surface area (Å²) in [4.78, 5) is 0.180. The first-order valence-electron chi connectivity index (χ1n) is 10.4. The van der Waals surface area contributed by atoms with E-state index in [1.807, 2.05) is 37.3 Å². The van der Waals surface area contributed by atoms with Crippen molar-refractivity contribution in [1.29, 1.82) is 0 Å². The molecule has 6 nitrogen and oxygen atoms in total. The van der Waals surface area contributed by atoms with E-state index in [9.17, 15) is 13.6 Å². The van der Waals surface area contributed by atoms with Gasteiger partial charge in [-0.25, -0.2) is 8.42 Å². The summed E-state index contributed by atoms with van der Waals surface area (Å²) < 4.78 is 38.0. The van der Waals surface area contributed by atoms with E-state index in [1.54, 1.807) is 6.07 Å². The Morgan fingerprint density at radius 2 is 1.73 bits per heavy atom. The van der Waals surface area contributed by atoms with Gasteiger partial charge in [0.1, 0.15) is 0 Å². The second-order valence-corrected chi connectivity index (χ2v) is 9.80. The number of fused-ring (bicyclic) bond motifs is 1. The fraction of sp³-hybridized carbons (Fsp3) is 0.478. The summed E-state index contributed by atoms with van der Waals surface area (Å²) in [7, 11) is -0.698. The summed E-state index contributed by atoms with van der Waals surface area (Å²) in [5, 5.41) is 12.9. The second-order valence-electron chi connectivity index (χ2n) is 7.84. The molecular weight excluding hydrogens is 402 g/mol. The van der Waals surface area contributed by atoms with Crippen molar-refractivity contribution in [3.63, 3.8) is 0 Å². The van der Waals surface area contributed by atoms with Gasteiger partial charge in [-0.2, -0.15) is 5.06 Å². The number of rotatable bonds is 7. The van der Waals surface area contributed by atoms with Gasteiger partial charge >= 0.3 is 0 Å². The minimum Gasteiger partial charge on any atom is -0.493 e. The molecule has 7 heteroatoms. The predicted octanol–water partition coefficient (Wildman–Crippen LogP) is 4.61. The van der Waals surface area contributed by atoms with Gasteiger partial charge in [-0.3, -0.25) is 0 Å². The van der Waals surface area contributed by atoms with Crippen LogP contribution in [0.25, 0.3) is 0 Å². The van der Waals surface area contributed by atoms with E-state index in [2.05, 4.69) is 6.92 Å². The molecule has 2 aromatic rings. The molecule has 2 atom stereocenters. The molecule has 0 bridgehead atoms. The van der Waals surface area contributed by atoms with Crippen LogP contribution in [0.4, 0.5) is 0 Å². The highest BCUT2D eigenvalue weighted by atomic mass is 32.2. The molecule has 2 unspecified atom stereocenters. The molecule has 0 aromatic heterocycles. The number of hydrogen-bond donors (Lipinski definition) is 1. The summed E-state index contributed by atoms with van der Waals surface area (Å²) in [5.74, 6) is 0.630. The fourth-order valence-electron chi connectivity index (χ4n) is 4.35. The van der Waals surface area contributed by atoms with Crippen LogP contribution in [-0.2, 0) is 9.84 Å². The summed E-state index contributed by atoms with van der Waals surface area (Å²) >= 11 is 0. The lowest BCUT2D eigenvalue weighted by atomic mass is 9.87. The number of unbranched alkanes of at least 4 members (excludes halogenated alkanes) is 1. The lowest BCUT2D eigenvalue weighted by molar-refractivity contribution is -0.193. The van der Waals surface area contributed by atoms with E-state index in [0.717, 1.165) is 18.4 Å². The van der Waals surface area contributed by atoms with E-state index < -0.39 is 21.4 Å². The molecule has 0 aliphatic carbocycles. The van der Waals surface area contributed by atoms with Gasteiger partial charge in [0, 0.05) is 6.07 Å². The minimum atomic E-state index is -3.70. The van der Waals surface area contributed by atoms with Crippen LogP contribution in [0.1, 0.15) is 56.7 Å². The quantitative estimate of drug-likeness (QED) is 0.687. The van der Waals surface area contributed by atoms with Crippen LogP contribution in [0.2, 0.25) is 0 Å². The van der Waals surface area contributed by atoms with E-state index in [1.165, 1.54) is 25.3 Å². The Hall–Kier alpha value is -2.09. The Morgan fingerprint density at radius 3 is 2.30 bits per heavy atom. The molecule has 1 heterocycles. The van der Waals surface area contributed by atoms with Gasteiger partial charge in [0.25, 0.3) is 0 Å². The SMILES string of the molecule is CCCCC1(CC)CS(=O)(=O)c2cc(OC)c(OC)cc2C(c2ccccc2)N1O. The molecule has 1 N–H and O–H groups in total. The second kappa shape index (κ2) is 8.96. The molecule has 0 amide bonds. The zero-order valence-electron chi connectivity index (χ0n) is 18.1. The van der Waals surface area contributed by atoms with Crippen molar-refractivity contribution >= 4 is 9.84 Å². The van der Waals surface area contributed by atoms with Crippen LogP contribution >= 0.6 is 0 Å². The average molecular weight is 434 g/mol. The molecule has 164 valence electrons. The van der Waals surface area contributed by atoms with E-state index in [4.69, 9.17) is 9.47 Å². The molecule has 0 saturated heterocycles. The van der Waals surface area contributed by atoms with Crippen LogP contribution in [0, 0.1) is 0 Å². The summed E-state index contributed by atoms with van der Waals surface area (Å²) in [6, 6.07) is 12.1. The standard InChI is InChI=1S/C23H31NO5S/c1-5-7-13-23(6-2)16-30(26,27)21-15-20(29-4)19(28-3)14-18(21)22(24(23)25)17-11-9-8-10-12-17/h8-12,14-15,22,25H,5-7,13,16H2,1-4H3. The molecular formula is C23H31NO5S. The number of benzene rings is 2. The van der Waals surface area contributed by atoms with Crippen molar-refractivity contribution in [2.45, 2.75) is 56.0 Å². The number of hydrogen-bond acceptors (Lipinski definition) is 6. The van der Waals surface area contributed by atoms with Crippen molar-refractivity contribution in [1.82, 2.24) is 5.06 Å². The number of ether oxygens (including phenoxy) is 2. The van der Waals surface area contributed by atoms with Crippen LogP contribution in [0.15, 0.2) is 47.4 Å². The Morgan fingerprint density at radius 1 is 1.10 bits per heavy atom. The molecule has 0 fully saturated rings. The van der Waals surface area contributed by atoms with Gasteiger partial charge in [0.05, 0.1) is 36.4 Å². The topological polar surface area (TPSA) is 76.1 Å². The zero-order chi connectivity index (χ0) is 21.9. The normalized spacial score (nSPS) is 23.4. The Balaban J connectivity index is 2.34. The van der Waals surface area contributed by atoms with Crippen LogP contribution in [0.5, 0.6) is 11.5 Å². The molecule has 3 rings (SSSR count). The lowest BCUT2D eigenvalue weighted by Crippen LogP contribution is -2.51. The van der Waals surface area contributed by atoms with Gasteiger partial charge < -0.3 is 14.7 Å². The molecule has 2 aromatic carbocycles. The van der Waals surface area contributed by atoms with Crippen LogP contribution < -0.4 is 9.47 Å². The van der Waals surface area contributed by atoms with Gasteiger partial charge in [-0.05, 0) is 30.0 Å². The van der Waals surface area contributed by atoms with Crippen molar-refractivity contribution in [3.8, 4) is 11.5 Å². The van der Waals surface area contributed by atoms with Crippen molar-refractivity contribution < 1.29 is 23.1 Å². The van der Waals surface area contributed by atoms with Gasteiger partial charge in [-0.1, -0.05) is 57.0 Å². The first-order valence-corrected chi connectivity index (χ1v) is 12.0. The maximum atomic E-state index is 13.6. The molecule has 0 saturated carbocycles. The third-order valence-corrected chi connectivity index (χ3v) is 8.05. The van der Waals surface area contributed by atoms with E-state index in [-0.39, 0.29) is 10.6 Å². The highest BCUT2D eigenvalue weighted by Gasteiger charge is 2.48. The maximum Gasteiger partial charge on any atom is 0.180 e. The zero-order valence-corrected chi connectivity index (χ0v) is 18.9. The van der Waals surface area contributed by atoms with Crippen LogP contribution in [0.3, 0.4) is 0 Å². The maximum absolute atomic E-state index is 13.6. The van der Waals surface area contributed by atoms with Gasteiger partial charge in [0.2, 0.25) is 0 Å². The summed E-state index contributed by atoms with van der Waals surface area (Å²) in [6.45, 7) is 4.00. The fourth-order valence-corrected chi connectivity index (χ4v) is 6.51. The van der Waals surface area contributed by atoms with E-state index >= 15 is 0 Å². The van der Waals surface area contributed by atoms with Crippen molar-refractivity contribution in [2.24, 2.45) is 0 Å². The first kappa shape index (κ1) is 22.6. The minimum absolute atomic E-state index is 0.154. The average Bonchev–Trinajstić information content (AvgIpc) is 2.83. The van der Waals surface area contributed by atoms with Crippen LogP contribution in [-0.4, -0.2) is 44.2 Å². The highest BCUT2D eigenvalue weighted by molar-refractivity contribution is 7.91. The predicted molar refractivity (Wildman–Crippen MR) is 116 cm³/mol. The molecule has 0 radical (unpaired) electrons. The molecule has 1 aliphatic rings. The highest BCUT2D eigenvalue weighted by Crippen LogP contribution is 2.47. The third-order valence-electron chi connectivity index (χ3n) is 6.10. The smallest absolute Gasteiger partial charge is 0.180 e. The number of methoxy groups -OCH3 is 2. The summed E-state index contributed by atoms with van der Waals surface area (Å²) in [6.07, 6.45) is 2.83. The van der Waals surface area contributed by atoms with Gasteiger partial charge in [-0.15, -0.1) is 0 Å². The molecule has 0 spiro atoms. The largest absolute Gasteiger partial charge is 0.493 e. The lowest BCUT2D eigenvalue weighted by Gasteiger charge is -2.42. The number of sulfone groups is 1. The summed E-state index contributed by atoms with van der Waals surface area (Å²) in [5.41, 5.74) is 0.419. The molecule has 30 heavy (non-hydrogen) atoms. The first-order chi connectivity index (χ1) is 14.3. The number of hydroxylamine groups is 2. The number of nitrogens with zero attached hydrogens (tertiary/aromatic N) is 1. The van der Waals surface area contributed by atoms with Crippen molar-refractivity contribution in [3.05, 3.63) is 53.6 Å².